The van der Waals surface area contributed by atoms with Crippen molar-refractivity contribution in [2.45, 2.75) is 13.0 Å². The van der Waals surface area contributed by atoms with Gasteiger partial charge in [0.25, 0.3) is 5.91 Å². The minimum Gasteiger partial charge on any atom is -0.345 e. The Morgan fingerprint density at radius 3 is 2.50 bits per heavy atom. The molecule has 1 aromatic heterocycles. The summed E-state index contributed by atoms with van der Waals surface area (Å²) in [6, 6.07) is 9.79. The molecular formula is C16H16BrN3O3S. The van der Waals surface area contributed by atoms with E-state index < -0.39 is 11.9 Å². The van der Waals surface area contributed by atoms with Gasteiger partial charge >= 0.3 is 0 Å². The van der Waals surface area contributed by atoms with E-state index in [1.807, 2.05) is 0 Å². The van der Waals surface area contributed by atoms with E-state index in [0.29, 0.717) is 10.6 Å². The van der Waals surface area contributed by atoms with Crippen molar-refractivity contribution in [1.82, 2.24) is 10.6 Å². The molecule has 2 rings (SSSR count). The lowest BCUT2D eigenvalue weighted by atomic mass is 10.3. The standard InChI is InChI=1S/C16H16BrN3O3S/c1-10(19-16(23)13-3-2-8-24-13)15(22)18-9-14(21)20-12-6-4-11(17)5-7-12/h2-8,10H,9H2,1H3,(H,18,22)(H,19,23)(H,20,21). The van der Waals surface area contributed by atoms with Crippen molar-refractivity contribution in [3.63, 3.8) is 0 Å². The van der Waals surface area contributed by atoms with Gasteiger partial charge in [0, 0.05) is 10.2 Å². The van der Waals surface area contributed by atoms with Crippen LogP contribution in [0, 0.1) is 0 Å². The molecule has 0 spiro atoms. The Bertz CT molecular complexity index is 717. The van der Waals surface area contributed by atoms with Crippen molar-refractivity contribution >= 4 is 50.7 Å². The number of hydrogen-bond donors (Lipinski definition) is 3. The first-order valence-corrected chi connectivity index (χ1v) is 8.80. The molecule has 3 amide bonds. The summed E-state index contributed by atoms with van der Waals surface area (Å²) < 4.78 is 0.907. The number of hydrogen-bond acceptors (Lipinski definition) is 4. The van der Waals surface area contributed by atoms with Gasteiger partial charge in [-0.3, -0.25) is 14.4 Å². The second kappa shape index (κ2) is 8.60. The van der Waals surface area contributed by atoms with Crippen LogP contribution < -0.4 is 16.0 Å². The predicted octanol–water partition coefficient (Wildman–Crippen LogP) is 2.38. The van der Waals surface area contributed by atoms with Gasteiger partial charge in [-0.2, -0.15) is 0 Å². The highest BCUT2D eigenvalue weighted by molar-refractivity contribution is 9.10. The van der Waals surface area contributed by atoms with Crippen molar-refractivity contribution in [2.75, 3.05) is 11.9 Å². The van der Waals surface area contributed by atoms with Gasteiger partial charge in [-0.1, -0.05) is 22.0 Å². The molecular weight excluding hydrogens is 394 g/mol. The van der Waals surface area contributed by atoms with Gasteiger partial charge < -0.3 is 16.0 Å². The third kappa shape index (κ3) is 5.47. The van der Waals surface area contributed by atoms with Gasteiger partial charge in [-0.25, -0.2) is 0 Å². The molecule has 1 atom stereocenters. The predicted molar refractivity (Wildman–Crippen MR) is 97.0 cm³/mol. The third-order valence-electron chi connectivity index (χ3n) is 3.04. The molecule has 3 N–H and O–H groups in total. The normalized spacial score (nSPS) is 11.4. The molecule has 0 aliphatic rings. The largest absolute Gasteiger partial charge is 0.345 e. The van der Waals surface area contributed by atoms with Crippen LogP contribution in [0.2, 0.25) is 0 Å². The van der Waals surface area contributed by atoms with Gasteiger partial charge in [0.2, 0.25) is 11.8 Å². The third-order valence-corrected chi connectivity index (χ3v) is 4.43. The maximum absolute atomic E-state index is 11.9. The number of amides is 3. The van der Waals surface area contributed by atoms with Crippen molar-refractivity contribution in [2.24, 2.45) is 0 Å². The second-order valence-electron chi connectivity index (χ2n) is 4.95. The quantitative estimate of drug-likeness (QED) is 0.684. The fourth-order valence-corrected chi connectivity index (χ4v) is 2.69. The lowest BCUT2D eigenvalue weighted by molar-refractivity contribution is -0.125. The Morgan fingerprint density at radius 2 is 1.88 bits per heavy atom. The first-order valence-electron chi connectivity index (χ1n) is 7.13. The van der Waals surface area contributed by atoms with E-state index in [1.54, 1.807) is 48.7 Å². The molecule has 6 nitrogen and oxygen atoms in total. The minimum atomic E-state index is -0.736. The monoisotopic (exact) mass is 409 g/mol. The SMILES string of the molecule is CC(NC(=O)c1cccs1)C(=O)NCC(=O)Nc1ccc(Br)cc1. The van der Waals surface area contributed by atoms with Gasteiger partial charge in [-0.15, -0.1) is 11.3 Å². The minimum absolute atomic E-state index is 0.173. The van der Waals surface area contributed by atoms with Gasteiger partial charge in [0.1, 0.15) is 6.04 Å². The number of nitrogens with one attached hydrogen (secondary N) is 3. The summed E-state index contributed by atoms with van der Waals surface area (Å²) in [4.78, 5) is 36.1. The molecule has 0 aliphatic heterocycles. The number of rotatable bonds is 6. The Balaban J connectivity index is 1.76. The zero-order valence-corrected chi connectivity index (χ0v) is 15.2. The molecule has 8 heteroatoms. The number of anilines is 1. The summed E-state index contributed by atoms with van der Waals surface area (Å²) in [5, 5.41) is 9.53. The molecule has 24 heavy (non-hydrogen) atoms. The molecule has 0 saturated heterocycles. The average Bonchev–Trinajstić information content (AvgIpc) is 3.09. The highest BCUT2D eigenvalue weighted by Crippen LogP contribution is 2.13. The van der Waals surface area contributed by atoms with Crippen molar-refractivity contribution in [3.05, 3.63) is 51.1 Å². The van der Waals surface area contributed by atoms with Crippen LogP contribution >= 0.6 is 27.3 Å². The summed E-state index contributed by atoms with van der Waals surface area (Å²) in [6.07, 6.45) is 0. The van der Waals surface area contributed by atoms with E-state index in [-0.39, 0.29) is 18.4 Å². The van der Waals surface area contributed by atoms with E-state index in [9.17, 15) is 14.4 Å². The Labute approximate surface area is 151 Å². The molecule has 0 fully saturated rings. The van der Waals surface area contributed by atoms with E-state index in [2.05, 4.69) is 31.9 Å². The summed E-state index contributed by atoms with van der Waals surface area (Å²) in [6.45, 7) is 1.39. The van der Waals surface area contributed by atoms with Crippen molar-refractivity contribution < 1.29 is 14.4 Å². The van der Waals surface area contributed by atoms with Crippen LogP contribution in [-0.2, 0) is 9.59 Å². The molecule has 126 valence electrons. The van der Waals surface area contributed by atoms with Gasteiger partial charge in [-0.05, 0) is 42.6 Å². The first kappa shape index (κ1) is 18.2. The van der Waals surface area contributed by atoms with Crippen LogP contribution in [0.15, 0.2) is 46.3 Å². The molecule has 0 saturated carbocycles. The summed E-state index contributed by atoms with van der Waals surface area (Å²) in [5.41, 5.74) is 0.636. The Morgan fingerprint density at radius 1 is 1.17 bits per heavy atom. The van der Waals surface area contributed by atoms with Crippen LogP contribution in [0.1, 0.15) is 16.6 Å². The summed E-state index contributed by atoms with van der Waals surface area (Å²) in [5.74, 6) is -1.08. The fourth-order valence-electron chi connectivity index (χ4n) is 1.80. The number of carbonyl (C=O) groups is 3. The maximum atomic E-state index is 11.9. The zero-order valence-electron chi connectivity index (χ0n) is 12.8. The summed E-state index contributed by atoms with van der Waals surface area (Å²) >= 11 is 4.60. The van der Waals surface area contributed by atoms with E-state index >= 15 is 0 Å². The number of thiophene rings is 1. The lowest BCUT2D eigenvalue weighted by Crippen LogP contribution is -2.46. The number of carbonyl (C=O) groups excluding carboxylic acids is 3. The smallest absolute Gasteiger partial charge is 0.261 e. The van der Waals surface area contributed by atoms with Crippen molar-refractivity contribution in [1.29, 1.82) is 0 Å². The van der Waals surface area contributed by atoms with Crippen LogP contribution in [0.5, 0.6) is 0 Å². The maximum Gasteiger partial charge on any atom is 0.261 e. The van der Waals surface area contributed by atoms with Crippen LogP contribution in [0.4, 0.5) is 5.69 Å². The first-order chi connectivity index (χ1) is 11.5. The lowest BCUT2D eigenvalue weighted by Gasteiger charge is -2.13. The van der Waals surface area contributed by atoms with Gasteiger partial charge in [0.05, 0.1) is 11.4 Å². The highest BCUT2D eigenvalue weighted by Gasteiger charge is 2.17. The van der Waals surface area contributed by atoms with E-state index in [0.717, 1.165) is 4.47 Å². The van der Waals surface area contributed by atoms with E-state index in [4.69, 9.17) is 0 Å². The number of benzene rings is 1. The molecule has 0 aliphatic carbocycles. The molecule has 0 bridgehead atoms. The molecule has 1 heterocycles. The van der Waals surface area contributed by atoms with Crippen LogP contribution in [0.25, 0.3) is 0 Å². The van der Waals surface area contributed by atoms with Crippen molar-refractivity contribution in [3.8, 4) is 0 Å². The second-order valence-corrected chi connectivity index (χ2v) is 6.81. The molecule has 1 unspecified atom stereocenters. The Kier molecular flexibility index (Phi) is 6.51. The molecule has 2 aromatic rings. The highest BCUT2D eigenvalue weighted by atomic mass is 79.9. The molecule has 0 radical (unpaired) electrons. The molecule has 1 aromatic carbocycles. The average molecular weight is 410 g/mol. The Hall–Kier alpha value is -2.19. The number of halogens is 1. The summed E-state index contributed by atoms with van der Waals surface area (Å²) in [7, 11) is 0. The van der Waals surface area contributed by atoms with E-state index in [1.165, 1.54) is 11.3 Å². The fraction of sp³-hybridized carbons (Fsp3) is 0.188. The van der Waals surface area contributed by atoms with Gasteiger partial charge in [0.15, 0.2) is 0 Å². The zero-order chi connectivity index (χ0) is 17.5. The van der Waals surface area contributed by atoms with Crippen LogP contribution in [0.3, 0.4) is 0 Å². The topological polar surface area (TPSA) is 87.3 Å². The van der Waals surface area contributed by atoms with Crippen LogP contribution in [-0.4, -0.2) is 30.3 Å².